The van der Waals surface area contributed by atoms with Crippen molar-refractivity contribution in [1.29, 1.82) is 0 Å². The van der Waals surface area contributed by atoms with Gasteiger partial charge in [0.1, 0.15) is 16.9 Å². The van der Waals surface area contributed by atoms with Crippen LogP contribution in [0.5, 0.6) is 0 Å². The second kappa shape index (κ2) is 5.76. The van der Waals surface area contributed by atoms with E-state index in [0.29, 0.717) is 4.90 Å². The topological polar surface area (TPSA) is 90.0 Å². The van der Waals surface area contributed by atoms with Crippen LogP contribution < -0.4 is 10.2 Å². The summed E-state index contributed by atoms with van der Waals surface area (Å²) in [6.45, 7) is -0.245. The summed E-state index contributed by atoms with van der Waals surface area (Å²) in [5, 5.41) is 10.4. The van der Waals surface area contributed by atoms with Crippen LogP contribution in [-0.2, 0) is 4.79 Å². The quantitative estimate of drug-likeness (QED) is 0.805. The number of likely N-dealkylation sites (N-methyl/N-ethyl adjacent to an activating group) is 1. The molecule has 1 saturated heterocycles. The van der Waals surface area contributed by atoms with Gasteiger partial charge in [0.2, 0.25) is 0 Å². The number of rotatable bonds is 2. The molecule has 0 bridgehead atoms. The van der Waals surface area contributed by atoms with E-state index in [1.807, 2.05) is 0 Å². The molecule has 22 heavy (non-hydrogen) atoms. The van der Waals surface area contributed by atoms with Crippen molar-refractivity contribution in [3.05, 3.63) is 28.8 Å². The standard InChI is InChI=1S/C12H10ClF2N3O4/c1-17(6-3-2-5(14)8(13)9(6)15)10(19)7-4-16-11(20)18(7)12(21)22/h2-3,7H,4H2,1H3,(H,16,20)(H,21,22). The van der Waals surface area contributed by atoms with E-state index in [4.69, 9.17) is 16.7 Å². The molecule has 2 N–H and O–H groups in total. The maximum absolute atomic E-state index is 13.9. The second-order valence-corrected chi connectivity index (χ2v) is 4.82. The number of hydrogen-bond acceptors (Lipinski definition) is 3. The molecule has 4 amide bonds. The summed E-state index contributed by atoms with van der Waals surface area (Å²) < 4.78 is 27.0. The first-order valence-electron chi connectivity index (χ1n) is 5.96. The van der Waals surface area contributed by atoms with Gasteiger partial charge in [0.05, 0.1) is 5.69 Å². The van der Waals surface area contributed by atoms with Crippen LogP contribution in [0.3, 0.4) is 0 Å². The fourth-order valence-electron chi connectivity index (χ4n) is 2.04. The third-order valence-electron chi connectivity index (χ3n) is 3.17. The molecule has 7 nitrogen and oxygen atoms in total. The van der Waals surface area contributed by atoms with Gasteiger partial charge in [-0.3, -0.25) is 4.79 Å². The van der Waals surface area contributed by atoms with Crippen LogP contribution in [0.1, 0.15) is 0 Å². The zero-order chi connectivity index (χ0) is 16.6. The van der Waals surface area contributed by atoms with E-state index in [0.717, 1.165) is 24.1 Å². The molecule has 0 aromatic heterocycles. The lowest BCUT2D eigenvalue weighted by Crippen LogP contribution is -2.48. The van der Waals surface area contributed by atoms with Crippen molar-refractivity contribution < 1.29 is 28.3 Å². The Kier molecular flexibility index (Phi) is 4.18. The number of halogens is 3. The van der Waals surface area contributed by atoms with Gasteiger partial charge < -0.3 is 15.3 Å². The number of nitrogens with zero attached hydrogens (tertiary/aromatic N) is 2. The average Bonchev–Trinajstić information content (AvgIpc) is 2.85. The molecule has 1 aromatic carbocycles. The van der Waals surface area contributed by atoms with E-state index in [1.54, 1.807) is 0 Å². The van der Waals surface area contributed by atoms with E-state index in [9.17, 15) is 23.2 Å². The van der Waals surface area contributed by atoms with Crippen molar-refractivity contribution in [2.45, 2.75) is 6.04 Å². The highest BCUT2D eigenvalue weighted by Gasteiger charge is 2.42. The van der Waals surface area contributed by atoms with Gasteiger partial charge in [-0.1, -0.05) is 11.6 Å². The molecule has 1 atom stereocenters. The molecule has 1 fully saturated rings. The monoisotopic (exact) mass is 333 g/mol. The summed E-state index contributed by atoms with van der Waals surface area (Å²) in [5.74, 6) is -3.01. The zero-order valence-electron chi connectivity index (χ0n) is 11.1. The average molecular weight is 334 g/mol. The number of carbonyl (C=O) groups excluding carboxylic acids is 2. The number of hydrogen-bond donors (Lipinski definition) is 2. The largest absolute Gasteiger partial charge is 0.465 e. The molecule has 1 aliphatic heterocycles. The Labute approximate surface area is 128 Å². The molecule has 0 spiro atoms. The van der Waals surface area contributed by atoms with E-state index in [-0.39, 0.29) is 12.2 Å². The number of nitrogens with one attached hydrogen (secondary N) is 1. The lowest BCUT2D eigenvalue weighted by atomic mass is 10.2. The number of carbonyl (C=O) groups is 3. The summed E-state index contributed by atoms with van der Waals surface area (Å²) in [4.78, 5) is 35.7. The minimum absolute atomic E-state index is 0.245. The molecule has 118 valence electrons. The Bertz CT molecular complexity index is 670. The Hall–Kier alpha value is -2.42. The smallest absolute Gasteiger partial charge is 0.416 e. The molecule has 0 aliphatic carbocycles. The van der Waals surface area contributed by atoms with Crippen molar-refractivity contribution in [3.8, 4) is 0 Å². The first kappa shape index (κ1) is 16.0. The summed E-state index contributed by atoms with van der Waals surface area (Å²) in [6.07, 6.45) is -1.61. The van der Waals surface area contributed by atoms with Crippen LogP contribution in [0.2, 0.25) is 5.02 Å². The first-order chi connectivity index (χ1) is 10.3. The van der Waals surface area contributed by atoms with Gasteiger partial charge in [0.15, 0.2) is 5.82 Å². The molecule has 1 unspecified atom stereocenters. The SMILES string of the molecule is CN(C(=O)C1CNC(=O)N1C(=O)O)c1ccc(F)c(Cl)c1F. The highest BCUT2D eigenvalue weighted by molar-refractivity contribution is 6.31. The van der Waals surface area contributed by atoms with Crippen molar-refractivity contribution in [3.63, 3.8) is 0 Å². The predicted octanol–water partition coefficient (Wildman–Crippen LogP) is 1.65. The predicted molar refractivity (Wildman–Crippen MR) is 71.8 cm³/mol. The first-order valence-corrected chi connectivity index (χ1v) is 6.34. The fraction of sp³-hybridized carbons (Fsp3) is 0.250. The number of urea groups is 1. The molecule has 1 aliphatic rings. The third-order valence-corrected chi connectivity index (χ3v) is 3.52. The van der Waals surface area contributed by atoms with E-state index in [2.05, 4.69) is 5.32 Å². The fourth-order valence-corrected chi connectivity index (χ4v) is 2.20. The van der Waals surface area contributed by atoms with Crippen LogP contribution in [0, 0.1) is 11.6 Å². The number of anilines is 1. The summed E-state index contributed by atoms with van der Waals surface area (Å²) in [6, 6.07) is -0.434. The van der Waals surface area contributed by atoms with Gasteiger partial charge in [-0.05, 0) is 12.1 Å². The van der Waals surface area contributed by atoms with Gasteiger partial charge in [0.25, 0.3) is 5.91 Å². The Morgan fingerprint density at radius 1 is 1.45 bits per heavy atom. The minimum Gasteiger partial charge on any atom is -0.465 e. The molecule has 10 heteroatoms. The van der Waals surface area contributed by atoms with Crippen LogP contribution in [0.4, 0.5) is 24.1 Å². The highest BCUT2D eigenvalue weighted by Crippen LogP contribution is 2.28. The van der Waals surface area contributed by atoms with Crippen LogP contribution in [0.25, 0.3) is 0 Å². The Morgan fingerprint density at radius 3 is 2.68 bits per heavy atom. The molecule has 0 saturated carbocycles. The van der Waals surface area contributed by atoms with E-state index < -0.39 is 40.7 Å². The molecule has 2 rings (SSSR count). The third kappa shape index (κ3) is 2.54. The summed E-state index contributed by atoms with van der Waals surface area (Å²) in [7, 11) is 1.16. The number of imide groups is 1. The maximum atomic E-state index is 13.9. The minimum atomic E-state index is -1.61. The van der Waals surface area contributed by atoms with Crippen LogP contribution in [0.15, 0.2) is 12.1 Å². The van der Waals surface area contributed by atoms with Crippen LogP contribution in [-0.4, -0.2) is 47.7 Å². The Morgan fingerprint density at radius 2 is 2.09 bits per heavy atom. The zero-order valence-corrected chi connectivity index (χ0v) is 11.9. The lowest BCUT2D eigenvalue weighted by molar-refractivity contribution is -0.121. The van der Waals surface area contributed by atoms with Crippen molar-refractivity contribution in [2.24, 2.45) is 0 Å². The molecule has 0 radical (unpaired) electrons. The molecular formula is C12H10ClF2N3O4. The van der Waals surface area contributed by atoms with Gasteiger partial charge in [-0.15, -0.1) is 0 Å². The van der Waals surface area contributed by atoms with Crippen molar-refractivity contribution >= 4 is 35.3 Å². The summed E-state index contributed by atoms with van der Waals surface area (Å²) in [5.41, 5.74) is -0.332. The number of amides is 4. The molecule has 1 heterocycles. The molecule has 1 aromatic rings. The van der Waals surface area contributed by atoms with E-state index in [1.165, 1.54) is 0 Å². The van der Waals surface area contributed by atoms with Crippen LogP contribution >= 0.6 is 11.6 Å². The second-order valence-electron chi connectivity index (χ2n) is 4.45. The van der Waals surface area contributed by atoms with Gasteiger partial charge in [-0.2, -0.15) is 0 Å². The maximum Gasteiger partial charge on any atom is 0.416 e. The molecular weight excluding hydrogens is 324 g/mol. The van der Waals surface area contributed by atoms with E-state index >= 15 is 0 Å². The number of carboxylic acid groups (broad SMARTS) is 1. The van der Waals surface area contributed by atoms with Crippen molar-refractivity contribution in [1.82, 2.24) is 10.2 Å². The van der Waals surface area contributed by atoms with Gasteiger partial charge >= 0.3 is 12.1 Å². The lowest BCUT2D eigenvalue weighted by Gasteiger charge is -2.24. The highest BCUT2D eigenvalue weighted by atomic mass is 35.5. The number of benzene rings is 1. The Balaban J connectivity index is 2.32. The van der Waals surface area contributed by atoms with Gasteiger partial charge in [-0.25, -0.2) is 23.3 Å². The normalized spacial score (nSPS) is 17.4. The van der Waals surface area contributed by atoms with Crippen molar-refractivity contribution in [2.75, 3.05) is 18.5 Å². The summed E-state index contributed by atoms with van der Waals surface area (Å²) >= 11 is 5.43. The van der Waals surface area contributed by atoms with Gasteiger partial charge in [0, 0.05) is 13.6 Å².